The Bertz CT molecular complexity index is 318. The number of carbonyl (C=O) groups excluding carboxylic acids is 1. The van der Waals surface area contributed by atoms with Gasteiger partial charge in [-0.25, -0.2) is 0 Å². The Morgan fingerprint density at radius 1 is 1.23 bits per heavy atom. The topological polar surface area (TPSA) is 17.1 Å². The molecule has 0 unspecified atom stereocenters. The fourth-order valence-corrected chi connectivity index (χ4v) is 1.49. The van der Waals surface area contributed by atoms with E-state index in [0.717, 1.165) is 23.0 Å². The molecule has 1 aromatic carbocycles. The molecule has 0 N–H and O–H groups in total. The molecule has 0 aromatic heterocycles. The molecule has 1 rings (SSSR count). The van der Waals surface area contributed by atoms with Crippen LogP contribution in [-0.4, -0.2) is 6.29 Å². The quantitative estimate of drug-likeness (QED) is 0.601. The number of carbonyl (C=O) groups is 1. The Balaban J connectivity index is 3.37. The predicted molar refractivity (Wildman–Crippen MR) is 55.3 cm³/mol. The highest BCUT2D eigenvalue weighted by atomic mass is 16.1. The molecule has 0 aliphatic heterocycles. The average molecular weight is 176 g/mol. The van der Waals surface area contributed by atoms with Crippen LogP contribution < -0.4 is 0 Å². The van der Waals surface area contributed by atoms with E-state index in [-0.39, 0.29) is 5.41 Å². The summed E-state index contributed by atoms with van der Waals surface area (Å²) in [6, 6.07) is 6.00. The first-order chi connectivity index (χ1) is 5.96. The van der Waals surface area contributed by atoms with Gasteiger partial charge in [-0.15, -0.1) is 0 Å². The van der Waals surface area contributed by atoms with Crippen LogP contribution in [0.1, 0.15) is 42.3 Å². The molecule has 0 amide bonds. The lowest BCUT2D eigenvalue weighted by Crippen LogP contribution is -2.14. The maximum Gasteiger partial charge on any atom is 0.150 e. The molecule has 0 saturated heterocycles. The first-order valence-corrected chi connectivity index (χ1v) is 4.52. The van der Waals surface area contributed by atoms with Gasteiger partial charge in [-0.3, -0.25) is 4.79 Å². The SMILES string of the molecule is Cc1cccc(C(C)(C)C)c1C=O. The fraction of sp³-hybridized carbons (Fsp3) is 0.417. The molecule has 0 spiro atoms. The molecule has 0 heterocycles. The lowest BCUT2D eigenvalue weighted by molar-refractivity contribution is 0.112. The maximum atomic E-state index is 10.9. The van der Waals surface area contributed by atoms with Crippen molar-refractivity contribution in [2.75, 3.05) is 0 Å². The van der Waals surface area contributed by atoms with E-state index in [4.69, 9.17) is 0 Å². The van der Waals surface area contributed by atoms with Crippen LogP contribution in [0.25, 0.3) is 0 Å². The Hall–Kier alpha value is -1.11. The van der Waals surface area contributed by atoms with Gasteiger partial charge in [-0.1, -0.05) is 39.0 Å². The first-order valence-electron chi connectivity index (χ1n) is 4.52. The van der Waals surface area contributed by atoms with E-state index in [1.165, 1.54) is 0 Å². The van der Waals surface area contributed by atoms with Gasteiger partial charge in [-0.05, 0) is 23.5 Å². The number of hydrogen-bond donors (Lipinski definition) is 0. The van der Waals surface area contributed by atoms with E-state index in [1.54, 1.807) is 0 Å². The third-order valence-corrected chi connectivity index (χ3v) is 2.25. The molecule has 70 valence electrons. The molecular formula is C12H16O. The van der Waals surface area contributed by atoms with Crippen molar-refractivity contribution in [3.63, 3.8) is 0 Å². The van der Waals surface area contributed by atoms with Crippen LogP contribution in [0.3, 0.4) is 0 Å². The zero-order chi connectivity index (χ0) is 10.1. The van der Waals surface area contributed by atoms with Crippen molar-refractivity contribution in [3.05, 3.63) is 34.9 Å². The normalized spacial score (nSPS) is 11.4. The molecule has 0 atom stereocenters. The molecule has 0 aliphatic carbocycles. The van der Waals surface area contributed by atoms with Crippen LogP contribution in [0.4, 0.5) is 0 Å². The maximum absolute atomic E-state index is 10.9. The van der Waals surface area contributed by atoms with Gasteiger partial charge in [-0.2, -0.15) is 0 Å². The van der Waals surface area contributed by atoms with Crippen molar-refractivity contribution in [2.24, 2.45) is 0 Å². The van der Waals surface area contributed by atoms with Crippen LogP contribution in [0.5, 0.6) is 0 Å². The summed E-state index contributed by atoms with van der Waals surface area (Å²) < 4.78 is 0. The molecule has 1 aromatic rings. The van der Waals surface area contributed by atoms with E-state index >= 15 is 0 Å². The molecule has 1 nitrogen and oxygen atoms in total. The molecule has 0 saturated carbocycles. The van der Waals surface area contributed by atoms with Gasteiger partial charge >= 0.3 is 0 Å². The predicted octanol–water partition coefficient (Wildman–Crippen LogP) is 3.11. The molecule has 0 radical (unpaired) electrons. The van der Waals surface area contributed by atoms with Gasteiger partial charge < -0.3 is 0 Å². The lowest BCUT2D eigenvalue weighted by atomic mass is 9.83. The molecular weight excluding hydrogens is 160 g/mol. The second-order valence-electron chi connectivity index (χ2n) is 4.40. The minimum absolute atomic E-state index is 0.0439. The first kappa shape index (κ1) is 9.97. The summed E-state index contributed by atoms with van der Waals surface area (Å²) in [5.74, 6) is 0. The standard InChI is InChI=1S/C12H16O/c1-9-6-5-7-11(10(9)8-13)12(2,3)4/h5-8H,1-4H3. The molecule has 13 heavy (non-hydrogen) atoms. The minimum Gasteiger partial charge on any atom is -0.298 e. The summed E-state index contributed by atoms with van der Waals surface area (Å²) in [7, 11) is 0. The lowest BCUT2D eigenvalue weighted by Gasteiger charge is -2.21. The number of aldehydes is 1. The third-order valence-electron chi connectivity index (χ3n) is 2.25. The van der Waals surface area contributed by atoms with Gasteiger partial charge in [0.1, 0.15) is 0 Å². The average Bonchev–Trinajstić information content (AvgIpc) is 2.02. The van der Waals surface area contributed by atoms with Gasteiger partial charge in [0.15, 0.2) is 6.29 Å². The van der Waals surface area contributed by atoms with Crippen molar-refractivity contribution in [1.82, 2.24) is 0 Å². The van der Waals surface area contributed by atoms with E-state index in [2.05, 4.69) is 20.8 Å². The van der Waals surface area contributed by atoms with Gasteiger partial charge in [0, 0.05) is 5.56 Å². The minimum atomic E-state index is 0.0439. The number of hydrogen-bond acceptors (Lipinski definition) is 1. The van der Waals surface area contributed by atoms with Crippen LogP contribution in [0.2, 0.25) is 0 Å². The zero-order valence-electron chi connectivity index (χ0n) is 8.72. The summed E-state index contributed by atoms with van der Waals surface area (Å²) in [5, 5.41) is 0. The van der Waals surface area contributed by atoms with Crippen LogP contribution in [0.15, 0.2) is 18.2 Å². The third kappa shape index (κ3) is 1.97. The highest BCUT2D eigenvalue weighted by molar-refractivity contribution is 5.80. The van der Waals surface area contributed by atoms with Gasteiger partial charge in [0.2, 0.25) is 0 Å². The zero-order valence-corrected chi connectivity index (χ0v) is 8.72. The van der Waals surface area contributed by atoms with E-state index < -0.39 is 0 Å². The molecule has 0 aliphatic rings. The fourth-order valence-electron chi connectivity index (χ4n) is 1.49. The summed E-state index contributed by atoms with van der Waals surface area (Å²) in [6.07, 6.45) is 0.954. The molecule has 0 fully saturated rings. The van der Waals surface area contributed by atoms with E-state index in [9.17, 15) is 4.79 Å². The second kappa shape index (κ2) is 3.33. The highest BCUT2D eigenvalue weighted by Gasteiger charge is 2.17. The Kier molecular flexibility index (Phi) is 2.55. The second-order valence-corrected chi connectivity index (χ2v) is 4.40. The number of aryl methyl sites for hydroxylation is 1. The van der Waals surface area contributed by atoms with Crippen LogP contribution in [-0.2, 0) is 5.41 Å². The van der Waals surface area contributed by atoms with E-state index in [0.29, 0.717) is 0 Å². The van der Waals surface area contributed by atoms with Crippen molar-refractivity contribution < 1.29 is 4.79 Å². The molecule has 1 heteroatoms. The van der Waals surface area contributed by atoms with Crippen LogP contribution in [0, 0.1) is 6.92 Å². The van der Waals surface area contributed by atoms with Crippen molar-refractivity contribution in [2.45, 2.75) is 33.1 Å². The van der Waals surface area contributed by atoms with E-state index in [1.807, 2.05) is 25.1 Å². The summed E-state index contributed by atoms with van der Waals surface area (Å²) >= 11 is 0. The van der Waals surface area contributed by atoms with Crippen LogP contribution >= 0.6 is 0 Å². The smallest absolute Gasteiger partial charge is 0.150 e. The van der Waals surface area contributed by atoms with Crippen molar-refractivity contribution >= 4 is 6.29 Å². The number of benzene rings is 1. The monoisotopic (exact) mass is 176 g/mol. The Morgan fingerprint density at radius 2 is 1.85 bits per heavy atom. The Morgan fingerprint density at radius 3 is 2.23 bits per heavy atom. The van der Waals surface area contributed by atoms with Gasteiger partial charge in [0.05, 0.1) is 0 Å². The summed E-state index contributed by atoms with van der Waals surface area (Å²) in [5.41, 5.74) is 3.07. The summed E-state index contributed by atoms with van der Waals surface area (Å²) in [6.45, 7) is 8.33. The number of rotatable bonds is 1. The Labute approximate surface area is 79.8 Å². The van der Waals surface area contributed by atoms with Crippen molar-refractivity contribution in [1.29, 1.82) is 0 Å². The van der Waals surface area contributed by atoms with Gasteiger partial charge in [0.25, 0.3) is 0 Å². The van der Waals surface area contributed by atoms with Crippen molar-refractivity contribution in [3.8, 4) is 0 Å². The molecule has 0 bridgehead atoms. The largest absolute Gasteiger partial charge is 0.298 e. The highest BCUT2D eigenvalue weighted by Crippen LogP contribution is 2.26. The summed E-state index contributed by atoms with van der Waals surface area (Å²) in [4.78, 5) is 10.9.